The Bertz CT molecular complexity index is 531. The van der Waals surface area contributed by atoms with Crippen molar-refractivity contribution in [3.63, 3.8) is 0 Å². The molecule has 0 atom stereocenters. The molecule has 1 aliphatic rings. The van der Waals surface area contributed by atoms with Crippen LogP contribution in [0.25, 0.3) is 0 Å². The average Bonchev–Trinajstić information content (AvgIpc) is 2.57. The zero-order chi connectivity index (χ0) is 14.8. The second-order valence-electron chi connectivity index (χ2n) is 5.14. The fourth-order valence-electron chi connectivity index (χ4n) is 1.99. The molecule has 108 valence electrons. The molecule has 2 rings (SSSR count). The van der Waals surface area contributed by atoms with Crippen LogP contribution in [-0.4, -0.2) is 35.5 Å². The van der Waals surface area contributed by atoms with Gasteiger partial charge in [-0.15, -0.1) is 0 Å². The SMILES string of the molecule is CC1(C)NC(=O)N(CCCOc2ccccc2Br)C1=O. The number of para-hydroxylation sites is 1. The Morgan fingerprint density at radius 2 is 2.00 bits per heavy atom. The largest absolute Gasteiger partial charge is 0.492 e. The molecule has 3 amide bonds. The lowest BCUT2D eigenvalue weighted by molar-refractivity contribution is -0.130. The number of ether oxygens (including phenoxy) is 1. The van der Waals surface area contributed by atoms with E-state index in [2.05, 4.69) is 21.2 Å². The first-order valence-corrected chi connectivity index (χ1v) is 7.22. The minimum atomic E-state index is -0.805. The van der Waals surface area contributed by atoms with Crippen molar-refractivity contribution in [3.05, 3.63) is 28.7 Å². The van der Waals surface area contributed by atoms with Gasteiger partial charge in [0.1, 0.15) is 11.3 Å². The van der Waals surface area contributed by atoms with Gasteiger partial charge in [0.2, 0.25) is 0 Å². The number of nitrogens with zero attached hydrogens (tertiary/aromatic N) is 1. The molecule has 1 aromatic rings. The van der Waals surface area contributed by atoms with E-state index >= 15 is 0 Å². The monoisotopic (exact) mass is 340 g/mol. The molecule has 0 unspecified atom stereocenters. The first-order chi connectivity index (χ1) is 9.42. The topological polar surface area (TPSA) is 58.6 Å². The van der Waals surface area contributed by atoms with E-state index in [4.69, 9.17) is 4.74 Å². The summed E-state index contributed by atoms with van der Waals surface area (Å²) in [6.07, 6.45) is 0.594. The van der Waals surface area contributed by atoms with E-state index in [0.717, 1.165) is 10.2 Å². The summed E-state index contributed by atoms with van der Waals surface area (Å²) in [5, 5.41) is 2.65. The van der Waals surface area contributed by atoms with Crippen molar-refractivity contribution in [2.24, 2.45) is 0 Å². The molecule has 1 aliphatic heterocycles. The van der Waals surface area contributed by atoms with E-state index in [9.17, 15) is 9.59 Å². The normalized spacial score (nSPS) is 17.2. The fourth-order valence-corrected chi connectivity index (χ4v) is 2.39. The van der Waals surface area contributed by atoms with Gasteiger partial charge in [-0.2, -0.15) is 0 Å². The van der Waals surface area contributed by atoms with E-state index in [-0.39, 0.29) is 11.9 Å². The Balaban J connectivity index is 1.81. The van der Waals surface area contributed by atoms with Gasteiger partial charge in [0.25, 0.3) is 5.91 Å². The smallest absolute Gasteiger partial charge is 0.325 e. The molecular formula is C14H17BrN2O3. The van der Waals surface area contributed by atoms with Crippen LogP contribution in [-0.2, 0) is 4.79 Å². The minimum absolute atomic E-state index is 0.191. The van der Waals surface area contributed by atoms with Gasteiger partial charge in [-0.1, -0.05) is 12.1 Å². The summed E-state index contributed by atoms with van der Waals surface area (Å²) in [6.45, 7) is 4.20. The van der Waals surface area contributed by atoms with Crippen LogP contribution in [0.4, 0.5) is 4.79 Å². The van der Waals surface area contributed by atoms with Crippen LogP contribution < -0.4 is 10.1 Å². The second-order valence-corrected chi connectivity index (χ2v) is 6.00. The first kappa shape index (κ1) is 14.8. The third-order valence-corrected chi connectivity index (χ3v) is 3.72. The summed E-state index contributed by atoms with van der Waals surface area (Å²) in [5.74, 6) is 0.563. The quantitative estimate of drug-likeness (QED) is 0.661. The highest BCUT2D eigenvalue weighted by Gasteiger charge is 2.43. The van der Waals surface area contributed by atoms with E-state index in [0.29, 0.717) is 19.6 Å². The summed E-state index contributed by atoms with van der Waals surface area (Å²) >= 11 is 3.40. The molecule has 0 radical (unpaired) electrons. The van der Waals surface area contributed by atoms with Crippen LogP contribution >= 0.6 is 15.9 Å². The van der Waals surface area contributed by atoms with Gasteiger partial charge in [0.15, 0.2) is 0 Å². The Morgan fingerprint density at radius 1 is 1.30 bits per heavy atom. The highest BCUT2D eigenvalue weighted by molar-refractivity contribution is 9.10. The molecule has 0 aromatic heterocycles. The second kappa shape index (κ2) is 5.83. The number of urea groups is 1. The summed E-state index contributed by atoms with van der Waals surface area (Å²) in [7, 11) is 0. The Hall–Kier alpha value is -1.56. The maximum atomic E-state index is 12.0. The van der Waals surface area contributed by atoms with Crippen molar-refractivity contribution in [1.82, 2.24) is 10.2 Å². The zero-order valence-electron chi connectivity index (χ0n) is 11.5. The third-order valence-electron chi connectivity index (χ3n) is 3.06. The number of amides is 3. The molecule has 6 heteroatoms. The predicted octanol–water partition coefficient (Wildman–Crippen LogP) is 2.55. The zero-order valence-corrected chi connectivity index (χ0v) is 13.1. The summed E-state index contributed by atoms with van der Waals surface area (Å²) < 4.78 is 6.49. The van der Waals surface area contributed by atoms with Crippen molar-refractivity contribution in [2.45, 2.75) is 25.8 Å². The van der Waals surface area contributed by atoms with Crippen LogP contribution in [0.3, 0.4) is 0 Å². The summed E-state index contributed by atoms with van der Waals surface area (Å²) in [6, 6.07) is 7.23. The number of rotatable bonds is 5. The molecule has 20 heavy (non-hydrogen) atoms. The van der Waals surface area contributed by atoms with Crippen LogP contribution in [0.5, 0.6) is 5.75 Å². The number of halogens is 1. The number of nitrogens with one attached hydrogen (secondary N) is 1. The summed E-state index contributed by atoms with van der Waals surface area (Å²) in [5.41, 5.74) is -0.805. The van der Waals surface area contributed by atoms with Gasteiger partial charge < -0.3 is 10.1 Å². The molecule has 1 aromatic carbocycles. The lowest BCUT2D eigenvalue weighted by Crippen LogP contribution is -2.40. The van der Waals surface area contributed by atoms with Crippen LogP contribution in [0, 0.1) is 0 Å². The number of hydrogen-bond acceptors (Lipinski definition) is 3. The van der Waals surface area contributed by atoms with Crippen molar-refractivity contribution in [1.29, 1.82) is 0 Å². The molecule has 0 spiro atoms. The predicted molar refractivity (Wildman–Crippen MR) is 78.6 cm³/mol. The lowest BCUT2D eigenvalue weighted by atomic mass is 10.1. The maximum Gasteiger partial charge on any atom is 0.325 e. The van der Waals surface area contributed by atoms with E-state index in [1.807, 2.05) is 24.3 Å². The van der Waals surface area contributed by atoms with Gasteiger partial charge in [-0.05, 0) is 48.3 Å². The number of imide groups is 1. The third kappa shape index (κ3) is 3.12. The van der Waals surface area contributed by atoms with Gasteiger partial charge >= 0.3 is 6.03 Å². The first-order valence-electron chi connectivity index (χ1n) is 6.43. The molecule has 0 bridgehead atoms. The van der Waals surface area contributed by atoms with Crippen LogP contribution in [0.15, 0.2) is 28.7 Å². The van der Waals surface area contributed by atoms with Gasteiger partial charge in [-0.25, -0.2) is 4.79 Å². The van der Waals surface area contributed by atoms with Crippen molar-refractivity contribution < 1.29 is 14.3 Å². The number of benzene rings is 1. The van der Waals surface area contributed by atoms with Gasteiger partial charge in [0.05, 0.1) is 11.1 Å². The van der Waals surface area contributed by atoms with Crippen LogP contribution in [0.1, 0.15) is 20.3 Å². The molecule has 5 nitrogen and oxygen atoms in total. The molecule has 0 aliphatic carbocycles. The van der Waals surface area contributed by atoms with Crippen LogP contribution in [0.2, 0.25) is 0 Å². The average molecular weight is 341 g/mol. The van der Waals surface area contributed by atoms with Crippen molar-refractivity contribution >= 4 is 27.9 Å². The van der Waals surface area contributed by atoms with E-state index in [1.54, 1.807) is 13.8 Å². The van der Waals surface area contributed by atoms with Crippen molar-refractivity contribution in [2.75, 3.05) is 13.2 Å². The molecule has 1 fully saturated rings. The maximum absolute atomic E-state index is 12.0. The Kier molecular flexibility index (Phi) is 4.32. The number of carbonyl (C=O) groups is 2. The van der Waals surface area contributed by atoms with E-state index < -0.39 is 5.54 Å². The molecule has 1 N–H and O–H groups in total. The standard InChI is InChI=1S/C14H17BrN2O3/c1-14(2)12(18)17(13(19)16-14)8-5-9-20-11-7-4-3-6-10(11)15/h3-4,6-7H,5,8-9H2,1-2H3,(H,16,19). The highest BCUT2D eigenvalue weighted by Crippen LogP contribution is 2.24. The van der Waals surface area contributed by atoms with E-state index in [1.165, 1.54) is 4.90 Å². The number of hydrogen-bond donors (Lipinski definition) is 1. The molecular weight excluding hydrogens is 324 g/mol. The molecule has 1 saturated heterocycles. The fraction of sp³-hybridized carbons (Fsp3) is 0.429. The Labute approximate surface area is 126 Å². The van der Waals surface area contributed by atoms with Gasteiger partial charge in [-0.3, -0.25) is 9.69 Å². The Morgan fingerprint density at radius 3 is 2.60 bits per heavy atom. The van der Waals surface area contributed by atoms with Crippen molar-refractivity contribution in [3.8, 4) is 5.75 Å². The lowest BCUT2D eigenvalue weighted by Gasteiger charge is -2.16. The molecule has 1 heterocycles. The summed E-state index contributed by atoms with van der Waals surface area (Å²) in [4.78, 5) is 24.9. The number of carbonyl (C=O) groups excluding carboxylic acids is 2. The molecule has 0 saturated carbocycles. The van der Waals surface area contributed by atoms with Gasteiger partial charge in [0, 0.05) is 6.54 Å². The minimum Gasteiger partial charge on any atom is -0.492 e. The highest BCUT2D eigenvalue weighted by atomic mass is 79.9.